The first-order chi connectivity index (χ1) is 11.4. The van der Waals surface area contributed by atoms with Gasteiger partial charge in [-0.3, -0.25) is 9.59 Å². The summed E-state index contributed by atoms with van der Waals surface area (Å²) in [5, 5.41) is 2.93. The molecule has 0 aromatic carbocycles. The third-order valence-corrected chi connectivity index (χ3v) is 4.55. The van der Waals surface area contributed by atoms with Crippen LogP contribution in [0, 0.1) is 13.8 Å². The van der Waals surface area contributed by atoms with E-state index in [1.807, 2.05) is 0 Å². The van der Waals surface area contributed by atoms with Gasteiger partial charge in [0.25, 0.3) is 5.91 Å². The Balaban J connectivity index is 1.89. The molecule has 0 saturated heterocycles. The fraction of sp³-hybridized carbons (Fsp3) is 0.611. The van der Waals surface area contributed by atoms with E-state index in [1.165, 1.54) is 19.8 Å². The number of rotatable bonds is 5. The van der Waals surface area contributed by atoms with Crippen LogP contribution in [0.5, 0.6) is 0 Å². The Kier molecular flexibility index (Phi) is 6.17. The van der Waals surface area contributed by atoms with Crippen LogP contribution in [0.15, 0.2) is 0 Å². The lowest BCUT2D eigenvalue weighted by molar-refractivity contribution is -0.125. The molecule has 2 rings (SSSR count). The molecule has 1 heterocycles. The molecule has 132 valence electrons. The minimum Gasteiger partial charge on any atom is -0.451 e. The van der Waals surface area contributed by atoms with Crippen molar-refractivity contribution in [3.05, 3.63) is 22.5 Å². The summed E-state index contributed by atoms with van der Waals surface area (Å²) in [7, 11) is 0. The molecule has 0 bridgehead atoms. The van der Waals surface area contributed by atoms with Crippen LogP contribution in [0.25, 0.3) is 0 Å². The molecular weight excluding hydrogens is 308 g/mol. The standard InChI is InChI=1S/C18H26N2O4/c1-11-16(13(3)21)12(2)19-17(11)18(23)24-10-15(22)20-14-8-6-4-5-7-9-14/h14,19H,4-10H2,1-3H3,(H,20,22). The van der Waals surface area contributed by atoms with Gasteiger partial charge in [0.1, 0.15) is 5.69 Å². The van der Waals surface area contributed by atoms with Crippen molar-refractivity contribution in [3.8, 4) is 0 Å². The predicted molar refractivity (Wildman–Crippen MR) is 90.2 cm³/mol. The van der Waals surface area contributed by atoms with Crippen LogP contribution >= 0.6 is 0 Å². The number of H-pyrrole nitrogens is 1. The molecule has 0 atom stereocenters. The number of carbonyl (C=O) groups is 3. The van der Waals surface area contributed by atoms with E-state index in [2.05, 4.69) is 10.3 Å². The van der Waals surface area contributed by atoms with Gasteiger partial charge in [0.2, 0.25) is 0 Å². The molecule has 1 saturated carbocycles. The molecule has 24 heavy (non-hydrogen) atoms. The fourth-order valence-electron chi connectivity index (χ4n) is 3.38. The van der Waals surface area contributed by atoms with E-state index in [4.69, 9.17) is 4.74 Å². The highest BCUT2D eigenvalue weighted by Crippen LogP contribution is 2.19. The summed E-state index contributed by atoms with van der Waals surface area (Å²) in [5.74, 6) is -0.992. The molecule has 1 aliphatic rings. The van der Waals surface area contributed by atoms with E-state index >= 15 is 0 Å². The van der Waals surface area contributed by atoms with Crippen LogP contribution in [0.1, 0.15) is 77.6 Å². The summed E-state index contributed by atoms with van der Waals surface area (Å²) in [6, 6.07) is 0.178. The van der Waals surface area contributed by atoms with Gasteiger partial charge in [0.15, 0.2) is 12.4 Å². The Bertz CT molecular complexity index is 625. The number of carbonyl (C=O) groups excluding carboxylic acids is 3. The monoisotopic (exact) mass is 334 g/mol. The number of ether oxygens (including phenoxy) is 1. The van der Waals surface area contributed by atoms with Gasteiger partial charge in [0, 0.05) is 17.3 Å². The first-order valence-electron chi connectivity index (χ1n) is 8.56. The lowest BCUT2D eigenvalue weighted by Crippen LogP contribution is -2.37. The van der Waals surface area contributed by atoms with E-state index in [0.717, 1.165) is 25.7 Å². The van der Waals surface area contributed by atoms with Crippen molar-refractivity contribution in [3.63, 3.8) is 0 Å². The predicted octanol–water partition coefficient (Wildman–Crippen LogP) is 2.83. The van der Waals surface area contributed by atoms with Crippen molar-refractivity contribution in [2.24, 2.45) is 0 Å². The number of aromatic nitrogens is 1. The van der Waals surface area contributed by atoms with Gasteiger partial charge in [0.05, 0.1) is 0 Å². The Labute approximate surface area is 142 Å². The van der Waals surface area contributed by atoms with Crippen LogP contribution in [0.3, 0.4) is 0 Å². The summed E-state index contributed by atoms with van der Waals surface area (Å²) in [6.45, 7) is 4.59. The van der Waals surface area contributed by atoms with Crippen molar-refractivity contribution in [1.29, 1.82) is 0 Å². The number of hydrogen-bond donors (Lipinski definition) is 2. The van der Waals surface area contributed by atoms with Gasteiger partial charge < -0.3 is 15.0 Å². The normalized spacial score (nSPS) is 15.6. The summed E-state index contributed by atoms with van der Waals surface area (Å²) < 4.78 is 5.10. The third kappa shape index (κ3) is 4.46. The minimum absolute atomic E-state index is 0.105. The summed E-state index contributed by atoms with van der Waals surface area (Å²) in [6.07, 6.45) is 6.64. The molecule has 1 aromatic rings. The second-order valence-corrected chi connectivity index (χ2v) is 6.51. The van der Waals surface area contributed by atoms with E-state index in [-0.39, 0.29) is 30.0 Å². The number of Topliss-reactive ketones (excluding diaryl/α,β-unsaturated/α-hetero) is 1. The van der Waals surface area contributed by atoms with Crippen molar-refractivity contribution in [1.82, 2.24) is 10.3 Å². The zero-order chi connectivity index (χ0) is 17.7. The molecule has 1 fully saturated rings. The average molecular weight is 334 g/mol. The van der Waals surface area contributed by atoms with Gasteiger partial charge >= 0.3 is 5.97 Å². The Morgan fingerprint density at radius 2 is 1.75 bits per heavy atom. The van der Waals surface area contributed by atoms with Crippen molar-refractivity contribution >= 4 is 17.7 Å². The van der Waals surface area contributed by atoms with E-state index in [9.17, 15) is 14.4 Å². The van der Waals surface area contributed by atoms with Gasteiger partial charge in [-0.1, -0.05) is 25.7 Å². The number of aryl methyl sites for hydroxylation is 1. The topological polar surface area (TPSA) is 88.3 Å². The quantitative estimate of drug-likeness (QED) is 0.492. The number of amides is 1. The lowest BCUT2D eigenvalue weighted by atomic mass is 10.1. The van der Waals surface area contributed by atoms with Gasteiger partial charge in [-0.2, -0.15) is 0 Å². The number of esters is 1. The fourth-order valence-corrected chi connectivity index (χ4v) is 3.38. The maximum absolute atomic E-state index is 12.2. The van der Waals surface area contributed by atoms with E-state index in [0.29, 0.717) is 16.8 Å². The average Bonchev–Trinajstić information content (AvgIpc) is 2.68. The molecule has 0 aliphatic heterocycles. The second-order valence-electron chi connectivity index (χ2n) is 6.51. The molecule has 6 heteroatoms. The molecule has 0 spiro atoms. The molecule has 2 N–H and O–H groups in total. The van der Waals surface area contributed by atoms with Crippen molar-refractivity contribution in [2.45, 2.75) is 65.3 Å². The number of ketones is 1. The van der Waals surface area contributed by atoms with Crippen LogP contribution < -0.4 is 5.32 Å². The summed E-state index contributed by atoms with van der Waals surface area (Å²) >= 11 is 0. The van der Waals surface area contributed by atoms with Crippen molar-refractivity contribution in [2.75, 3.05) is 6.61 Å². The van der Waals surface area contributed by atoms with E-state index < -0.39 is 5.97 Å². The largest absolute Gasteiger partial charge is 0.451 e. The third-order valence-electron chi connectivity index (χ3n) is 4.55. The summed E-state index contributed by atoms with van der Waals surface area (Å²) in [5.41, 5.74) is 1.94. The van der Waals surface area contributed by atoms with E-state index in [1.54, 1.807) is 13.8 Å². The number of hydrogen-bond acceptors (Lipinski definition) is 4. The molecule has 1 aliphatic carbocycles. The van der Waals surface area contributed by atoms with Crippen LogP contribution in [-0.2, 0) is 9.53 Å². The Hall–Kier alpha value is -2.11. The smallest absolute Gasteiger partial charge is 0.355 e. The zero-order valence-electron chi connectivity index (χ0n) is 14.7. The Morgan fingerprint density at radius 3 is 2.29 bits per heavy atom. The van der Waals surface area contributed by atoms with Crippen LogP contribution in [0.4, 0.5) is 0 Å². The van der Waals surface area contributed by atoms with Gasteiger partial charge in [-0.15, -0.1) is 0 Å². The highest BCUT2D eigenvalue weighted by atomic mass is 16.5. The maximum atomic E-state index is 12.2. The first kappa shape index (κ1) is 18.2. The Morgan fingerprint density at radius 1 is 1.12 bits per heavy atom. The van der Waals surface area contributed by atoms with Crippen LogP contribution in [-0.4, -0.2) is 35.3 Å². The number of aromatic amines is 1. The van der Waals surface area contributed by atoms with Crippen molar-refractivity contribution < 1.29 is 19.1 Å². The first-order valence-corrected chi connectivity index (χ1v) is 8.56. The summed E-state index contributed by atoms with van der Waals surface area (Å²) in [4.78, 5) is 38.6. The molecule has 0 unspecified atom stereocenters. The zero-order valence-corrected chi connectivity index (χ0v) is 14.7. The highest BCUT2D eigenvalue weighted by Gasteiger charge is 2.22. The lowest BCUT2D eigenvalue weighted by Gasteiger charge is -2.16. The van der Waals surface area contributed by atoms with Gasteiger partial charge in [-0.05, 0) is 39.2 Å². The number of nitrogens with one attached hydrogen (secondary N) is 2. The van der Waals surface area contributed by atoms with Crippen LogP contribution in [0.2, 0.25) is 0 Å². The minimum atomic E-state index is -0.612. The molecule has 1 amide bonds. The highest BCUT2D eigenvalue weighted by molar-refractivity contribution is 6.01. The molecule has 6 nitrogen and oxygen atoms in total. The maximum Gasteiger partial charge on any atom is 0.355 e. The molecular formula is C18H26N2O4. The molecule has 0 radical (unpaired) electrons. The SMILES string of the molecule is CC(=O)c1c(C)[nH]c(C(=O)OCC(=O)NC2CCCCCC2)c1C. The second kappa shape index (κ2) is 8.13. The molecule has 1 aromatic heterocycles. The van der Waals surface area contributed by atoms with Gasteiger partial charge in [-0.25, -0.2) is 4.79 Å².